The summed E-state index contributed by atoms with van der Waals surface area (Å²) in [6, 6.07) is 12.9. The molecule has 0 bridgehead atoms. The molecule has 0 aliphatic heterocycles. The molecule has 33 heavy (non-hydrogen) atoms. The molecule has 4 aromatic rings. The van der Waals surface area contributed by atoms with Crippen molar-refractivity contribution in [3.8, 4) is 20.9 Å². The highest BCUT2D eigenvalue weighted by atomic mass is 79.9. The molecule has 176 valence electrons. The van der Waals surface area contributed by atoms with E-state index in [9.17, 15) is 0 Å². The number of hydrogen-bond acceptors (Lipinski definition) is 4. The largest absolute Gasteiger partial charge is 0.184 e. The van der Waals surface area contributed by atoms with Crippen LogP contribution in [0.2, 0.25) is 0 Å². The van der Waals surface area contributed by atoms with E-state index < -0.39 is 0 Å². The van der Waals surface area contributed by atoms with Gasteiger partial charge in [-0.15, -0.1) is 22.7 Å². The van der Waals surface area contributed by atoms with Gasteiger partial charge in [0.25, 0.3) is 0 Å². The molecule has 3 aromatic heterocycles. The Kier molecular flexibility index (Phi) is 9.59. The highest BCUT2D eigenvalue weighted by molar-refractivity contribution is 9.11. The molecule has 0 saturated heterocycles. The lowest BCUT2D eigenvalue weighted by Gasteiger charge is -2.02. The minimum absolute atomic E-state index is 0.881. The first-order chi connectivity index (χ1) is 16.2. The van der Waals surface area contributed by atoms with Gasteiger partial charge in [0, 0.05) is 20.9 Å². The molecule has 7 heteroatoms. The number of unbranched alkanes of at least 4 members (excludes halogenated alkanes) is 9. The van der Waals surface area contributed by atoms with E-state index in [1.54, 1.807) is 22.7 Å². The molecule has 0 amide bonds. The van der Waals surface area contributed by atoms with E-state index in [0.29, 0.717) is 0 Å². The van der Waals surface area contributed by atoms with Crippen LogP contribution in [-0.4, -0.2) is 15.0 Å². The lowest BCUT2D eigenvalue weighted by atomic mass is 10.1. The van der Waals surface area contributed by atoms with Crippen molar-refractivity contribution in [3.63, 3.8) is 0 Å². The Labute approximate surface area is 221 Å². The number of fused-ring (bicyclic) bond motifs is 1. The highest BCUT2D eigenvalue weighted by Crippen LogP contribution is 2.40. The first-order valence-corrected chi connectivity index (χ1v) is 15.3. The molecule has 0 atom stereocenters. The number of thiophene rings is 2. The van der Waals surface area contributed by atoms with Gasteiger partial charge in [0.05, 0.1) is 14.1 Å². The zero-order valence-corrected chi connectivity index (χ0v) is 24.0. The molecule has 3 nitrogen and oxygen atoms in total. The summed E-state index contributed by atoms with van der Waals surface area (Å²) in [6.07, 6.45) is 13.4. The lowest BCUT2D eigenvalue weighted by Crippen LogP contribution is -2.02. The summed E-state index contributed by atoms with van der Waals surface area (Å²) >= 11 is 10.7. The number of halogens is 2. The molecule has 4 rings (SSSR count). The summed E-state index contributed by atoms with van der Waals surface area (Å²) in [4.78, 5) is 4.36. The first kappa shape index (κ1) is 25.1. The van der Waals surface area contributed by atoms with Crippen molar-refractivity contribution < 1.29 is 0 Å². The van der Waals surface area contributed by atoms with Crippen molar-refractivity contribution in [1.82, 2.24) is 15.0 Å². The maximum atomic E-state index is 4.96. The second kappa shape index (κ2) is 12.6. The van der Waals surface area contributed by atoms with Gasteiger partial charge in [0.15, 0.2) is 0 Å². The van der Waals surface area contributed by atoms with Crippen LogP contribution in [0.25, 0.3) is 31.9 Å². The van der Waals surface area contributed by atoms with Gasteiger partial charge in [-0.1, -0.05) is 76.8 Å². The quantitative estimate of drug-likeness (QED) is 0.141. The Morgan fingerprint density at radius 3 is 1.52 bits per heavy atom. The SMILES string of the molecule is CCCCCCCCCCCCn1nc2c(-c3ccc(Br)s3)ccc(-c3ccc(Br)s3)c2n1. The highest BCUT2D eigenvalue weighted by Gasteiger charge is 2.17. The Morgan fingerprint density at radius 2 is 1.09 bits per heavy atom. The van der Waals surface area contributed by atoms with Crippen molar-refractivity contribution in [2.75, 3.05) is 0 Å². The Hall–Kier alpha value is -1.02. The van der Waals surface area contributed by atoms with Crippen LogP contribution in [0.5, 0.6) is 0 Å². The van der Waals surface area contributed by atoms with Crippen molar-refractivity contribution in [1.29, 1.82) is 0 Å². The van der Waals surface area contributed by atoms with Crippen LogP contribution in [0.3, 0.4) is 0 Å². The van der Waals surface area contributed by atoms with E-state index in [1.807, 2.05) is 4.80 Å². The van der Waals surface area contributed by atoms with E-state index in [0.717, 1.165) is 42.7 Å². The van der Waals surface area contributed by atoms with Gasteiger partial charge in [0.2, 0.25) is 0 Å². The van der Waals surface area contributed by atoms with Crippen LogP contribution >= 0.6 is 54.5 Å². The molecule has 0 aliphatic carbocycles. The number of rotatable bonds is 13. The van der Waals surface area contributed by atoms with Gasteiger partial charge in [-0.05, 0) is 62.5 Å². The van der Waals surface area contributed by atoms with E-state index in [1.165, 1.54) is 67.5 Å². The standard InChI is InChI=1S/C26H31Br2N3S2/c1-2-3-4-5-6-7-8-9-10-11-18-31-29-25-19(21-14-16-23(27)32-21)12-13-20(26(25)30-31)22-15-17-24(28)33-22/h12-17H,2-11,18H2,1H3. The van der Waals surface area contributed by atoms with Crippen LogP contribution in [0.1, 0.15) is 71.1 Å². The minimum Gasteiger partial charge on any atom is -0.184 e. The zero-order valence-electron chi connectivity index (χ0n) is 19.2. The van der Waals surface area contributed by atoms with Crippen molar-refractivity contribution in [3.05, 3.63) is 44.0 Å². The summed E-state index contributed by atoms with van der Waals surface area (Å²) in [5.74, 6) is 0. The molecule has 0 aliphatic rings. The van der Waals surface area contributed by atoms with Crippen molar-refractivity contribution in [2.24, 2.45) is 0 Å². The number of nitrogens with zero attached hydrogens (tertiary/aromatic N) is 3. The summed E-state index contributed by atoms with van der Waals surface area (Å²) < 4.78 is 2.27. The van der Waals surface area contributed by atoms with E-state index in [2.05, 4.69) is 75.2 Å². The molecule has 0 fully saturated rings. The fourth-order valence-electron chi connectivity index (χ4n) is 4.19. The van der Waals surface area contributed by atoms with Crippen LogP contribution in [0, 0.1) is 0 Å². The van der Waals surface area contributed by atoms with Crippen LogP contribution in [0.4, 0.5) is 0 Å². The zero-order chi connectivity index (χ0) is 23.0. The van der Waals surface area contributed by atoms with Crippen LogP contribution < -0.4 is 0 Å². The smallest absolute Gasteiger partial charge is 0.122 e. The van der Waals surface area contributed by atoms with Gasteiger partial charge in [-0.2, -0.15) is 15.0 Å². The van der Waals surface area contributed by atoms with E-state index >= 15 is 0 Å². The number of aryl methyl sites for hydroxylation is 1. The van der Waals surface area contributed by atoms with Gasteiger partial charge in [0.1, 0.15) is 11.0 Å². The Bertz CT molecular complexity index is 1080. The fraction of sp³-hybridized carbons (Fsp3) is 0.462. The van der Waals surface area contributed by atoms with Crippen molar-refractivity contribution >= 4 is 65.6 Å². The molecule has 0 spiro atoms. The lowest BCUT2D eigenvalue weighted by molar-refractivity contribution is 0.483. The average Bonchev–Trinajstić information content (AvgIpc) is 3.54. The molecule has 0 unspecified atom stereocenters. The maximum absolute atomic E-state index is 4.96. The second-order valence-corrected chi connectivity index (χ2v) is 13.5. The Balaban J connectivity index is 1.42. The molecule has 0 saturated carbocycles. The topological polar surface area (TPSA) is 30.7 Å². The normalized spacial score (nSPS) is 11.6. The molecule has 1 aromatic carbocycles. The molecule has 3 heterocycles. The minimum atomic E-state index is 0.881. The second-order valence-electron chi connectivity index (χ2n) is 8.54. The fourth-order valence-corrected chi connectivity index (χ4v) is 7.02. The molecule has 0 radical (unpaired) electrons. The molecule has 0 N–H and O–H groups in total. The summed E-state index contributed by atoms with van der Waals surface area (Å²) in [5.41, 5.74) is 4.32. The van der Waals surface area contributed by atoms with E-state index in [-0.39, 0.29) is 0 Å². The van der Waals surface area contributed by atoms with Crippen LogP contribution in [0.15, 0.2) is 44.0 Å². The number of benzene rings is 1. The average molecular weight is 609 g/mol. The van der Waals surface area contributed by atoms with E-state index in [4.69, 9.17) is 10.2 Å². The summed E-state index contributed by atoms with van der Waals surface area (Å²) in [7, 11) is 0. The monoisotopic (exact) mass is 607 g/mol. The van der Waals surface area contributed by atoms with Gasteiger partial charge >= 0.3 is 0 Å². The maximum Gasteiger partial charge on any atom is 0.122 e. The summed E-state index contributed by atoms with van der Waals surface area (Å²) in [6.45, 7) is 3.16. The van der Waals surface area contributed by atoms with Gasteiger partial charge < -0.3 is 0 Å². The van der Waals surface area contributed by atoms with Crippen molar-refractivity contribution in [2.45, 2.75) is 77.7 Å². The number of hydrogen-bond donors (Lipinski definition) is 0. The molecular formula is C26H31Br2N3S2. The summed E-state index contributed by atoms with van der Waals surface area (Å²) in [5, 5.41) is 9.91. The Morgan fingerprint density at radius 1 is 0.636 bits per heavy atom. The predicted molar refractivity (Wildman–Crippen MR) is 151 cm³/mol. The van der Waals surface area contributed by atoms with Gasteiger partial charge in [-0.25, -0.2) is 0 Å². The number of aromatic nitrogens is 3. The van der Waals surface area contributed by atoms with Crippen LogP contribution in [-0.2, 0) is 6.54 Å². The third-order valence-electron chi connectivity index (χ3n) is 5.97. The third-order valence-corrected chi connectivity index (χ3v) is 9.28. The first-order valence-electron chi connectivity index (χ1n) is 12.0. The predicted octanol–water partition coefficient (Wildman–Crippen LogP) is 10.3. The van der Waals surface area contributed by atoms with Gasteiger partial charge in [-0.3, -0.25) is 0 Å². The third kappa shape index (κ3) is 6.77. The molecular weight excluding hydrogens is 578 g/mol.